The molecule has 0 spiro atoms. The van der Waals surface area contributed by atoms with Gasteiger partial charge in [0.2, 0.25) is 0 Å². The third-order valence-electron chi connectivity index (χ3n) is 5.65. The molecule has 3 aromatic carbocycles. The Bertz CT molecular complexity index is 1470. The minimum absolute atomic E-state index is 0.183. The van der Waals surface area contributed by atoms with Crippen LogP contribution in [-0.4, -0.2) is 16.1 Å². The van der Waals surface area contributed by atoms with Gasteiger partial charge < -0.3 is 14.3 Å². The third-order valence-corrected chi connectivity index (χ3v) is 5.65. The van der Waals surface area contributed by atoms with Gasteiger partial charge in [0, 0.05) is 22.4 Å². The number of carboxylic acid groups (broad SMARTS) is 1. The lowest BCUT2D eigenvalue weighted by Crippen LogP contribution is -2.02. The summed E-state index contributed by atoms with van der Waals surface area (Å²) in [5.74, 6) is 0.233. The smallest absolute Gasteiger partial charge is 0.336 e. The first-order valence-corrected chi connectivity index (χ1v) is 10.3. The first-order valence-electron chi connectivity index (χ1n) is 10.3. The number of nitrogens with zero attached hydrogens (tertiary/aromatic N) is 1. The van der Waals surface area contributed by atoms with Gasteiger partial charge >= 0.3 is 5.97 Å². The molecule has 158 valence electrons. The molecule has 0 saturated heterocycles. The number of aromatic carboxylic acids is 1. The molecule has 1 N–H and O–H groups in total. The summed E-state index contributed by atoms with van der Waals surface area (Å²) in [6.07, 6.45) is 0. The van der Waals surface area contributed by atoms with Gasteiger partial charge in [-0.25, -0.2) is 9.78 Å². The molecule has 0 aliphatic carbocycles. The van der Waals surface area contributed by atoms with Crippen molar-refractivity contribution < 1.29 is 19.1 Å². The fraction of sp³-hybridized carbons (Fsp3) is 0.111. The van der Waals surface area contributed by atoms with Gasteiger partial charge in [-0.05, 0) is 43.2 Å². The molecule has 0 fully saturated rings. The van der Waals surface area contributed by atoms with Crippen LogP contribution in [0, 0.1) is 13.8 Å². The van der Waals surface area contributed by atoms with Crippen molar-refractivity contribution in [2.45, 2.75) is 20.5 Å². The molecule has 5 rings (SSSR count). The van der Waals surface area contributed by atoms with Gasteiger partial charge in [-0.2, -0.15) is 0 Å². The first kappa shape index (κ1) is 19.8. The number of ether oxygens (including phenoxy) is 1. The highest BCUT2D eigenvalue weighted by atomic mass is 16.5. The fourth-order valence-corrected chi connectivity index (χ4v) is 3.96. The van der Waals surface area contributed by atoms with Crippen LogP contribution in [0.15, 0.2) is 77.2 Å². The van der Waals surface area contributed by atoms with Gasteiger partial charge in [0.1, 0.15) is 23.6 Å². The second kappa shape index (κ2) is 7.85. The van der Waals surface area contributed by atoms with Gasteiger partial charge in [-0.15, -0.1) is 0 Å². The van der Waals surface area contributed by atoms with E-state index < -0.39 is 5.97 Å². The predicted molar refractivity (Wildman–Crippen MR) is 124 cm³/mol. The molecule has 0 aliphatic heterocycles. The van der Waals surface area contributed by atoms with Crippen LogP contribution in [0.3, 0.4) is 0 Å². The van der Waals surface area contributed by atoms with Crippen LogP contribution in [0.5, 0.6) is 5.75 Å². The molecule has 0 bridgehead atoms. The van der Waals surface area contributed by atoms with E-state index in [4.69, 9.17) is 14.1 Å². The van der Waals surface area contributed by atoms with E-state index in [1.165, 1.54) is 0 Å². The molecular formula is C27H21NO4. The molecule has 2 aromatic heterocycles. The zero-order valence-corrected chi connectivity index (χ0v) is 17.8. The number of furan rings is 1. The number of benzene rings is 3. The second-order valence-electron chi connectivity index (χ2n) is 7.82. The van der Waals surface area contributed by atoms with Crippen molar-refractivity contribution in [3.63, 3.8) is 0 Å². The van der Waals surface area contributed by atoms with E-state index in [1.807, 2.05) is 80.6 Å². The maximum atomic E-state index is 12.1. The Kier molecular flexibility index (Phi) is 4.86. The lowest BCUT2D eigenvalue weighted by atomic mass is 10.0. The predicted octanol–water partition coefficient (Wildman–Crippen LogP) is 6.54. The number of aromatic nitrogens is 1. The van der Waals surface area contributed by atoms with Crippen molar-refractivity contribution in [3.05, 3.63) is 95.1 Å². The van der Waals surface area contributed by atoms with E-state index in [2.05, 4.69) is 0 Å². The number of para-hydroxylation sites is 1. The summed E-state index contributed by atoms with van der Waals surface area (Å²) in [7, 11) is 0. The number of fused-ring (bicyclic) bond motifs is 2. The summed E-state index contributed by atoms with van der Waals surface area (Å²) in [6, 6.07) is 22.8. The highest BCUT2D eigenvalue weighted by Crippen LogP contribution is 2.35. The van der Waals surface area contributed by atoms with Gasteiger partial charge in [0.25, 0.3) is 0 Å². The van der Waals surface area contributed by atoms with Gasteiger partial charge in [-0.3, -0.25) is 0 Å². The number of carbonyl (C=O) groups is 1. The van der Waals surface area contributed by atoms with Crippen molar-refractivity contribution in [1.82, 2.24) is 4.98 Å². The van der Waals surface area contributed by atoms with Crippen LogP contribution in [0.4, 0.5) is 0 Å². The van der Waals surface area contributed by atoms with Crippen molar-refractivity contribution in [1.29, 1.82) is 0 Å². The molecular weight excluding hydrogens is 402 g/mol. The largest absolute Gasteiger partial charge is 0.489 e. The zero-order chi connectivity index (χ0) is 22.2. The maximum Gasteiger partial charge on any atom is 0.336 e. The SMILES string of the molecule is Cc1cc2c(C(=O)O)cc(-c3oc4ccccc4c3C)nc2cc1OCc1ccccc1. The zero-order valence-electron chi connectivity index (χ0n) is 17.8. The summed E-state index contributed by atoms with van der Waals surface area (Å²) < 4.78 is 12.1. The molecule has 5 aromatic rings. The molecule has 0 saturated carbocycles. The summed E-state index contributed by atoms with van der Waals surface area (Å²) >= 11 is 0. The average molecular weight is 423 g/mol. The van der Waals surface area contributed by atoms with E-state index in [1.54, 1.807) is 6.07 Å². The van der Waals surface area contributed by atoms with E-state index in [0.29, 0.717) is 34.7 Å². The lowest BCUT2D eigenvalue weighted by molar-refractivity contribution is 0.0699. The summed E-state index contributed by atoms with van der Waals surface area (Å²) in [6.45, 7) is 4.28. The fourth-order valence-electron chi connectivity index (χ4n) is 3.96. The molecule has 0 atom stereocenters. The first-order chi connectivity index (χ1) is 15.5. The number of rotatable bonds is 5. The molecule has 5 nitrogen and oxygen atoms in total. The monoisotopic (exact) mass is 423 g/mol. The minimum Gasteiger partial charge on any atom is -0.489 e. The number of hydrogen-bond acceptors (Lipinski definition) is 4. The van der Waals surface area contributed by atoms with E-state index in [9.17, 15) is 9.90 Å². The highest BCUT2D eigenvalue weighted by molar-refractivity contribution is 6.04. The van der Waals surface area contributed by atoms with Crippen molar-refractivity contribution in [2.75, 3.05) is 0 Å². The molecule has 32 heavy (non-hydrogen) atoms. The Morgan fingerprint density at radius 1 is 0.969 bits per heavy atom. The Morgan fingerprint density at radius 3 is 2.47 bits per heavy atom. The molecule has 5 heteroatoms. The maximum absolute atomic E-state index is 12.1. The standard InChI is InChI=1S/C27H21NO4/c1-16-12-20-21(27(29)30)13-23(26-17(2)19-10-6-7-11-24(19)32-26)28-22(20)14-25(16)31-15-18-8-4-3-5-9-18/h3-14H,15H2,1-2H3,(H,29,30). The van der Waals surface area contributed by atoms with E-state index in [-0.39, 0.29) is 5.56 Å². The highest BCUT2D eigenvalue weighted by Gasteiger charge is 2.19. The average Bonchev–Trinajstić information content (AvgIpc) is 3.14. The van der Waals surface area contributed by atoms with Crippen molar-refractivity contribution >= 4 is 27.8 Å². The van der Waals surface area contributed by atoms with E-state index in [0.717, 1.165) is 27.7 Å². The summed E-state index contributed by atoms with van der Waals surface area (Å²) in [5.41, 5.74) is 4.80. The number of pyridine rings is 1. The minimum atomic E-state index is -1.01. The Hall–Kier alpha value is -4.12. The number of carboxylic acids is 1. The number of aryl methyl sites for hydroxylation is 2. The van der Waals surface area contributed by atoms with Crippen molar-refractivity contribution in [2.24, 2.45) is 0 Å². The quantitative estimate of drug-likeness (QED) is 0.347. The van der Waals surface area contributed by atoms with Crippen LogP contribution >= 0.6 is 0 Å². The Labute approximate surface area is 184 Å². The van der Waals surface area contributed by atoms with Crippen LogP contribution in [0.2, 0.25) is 0 Å². The normalized spacial score (nSPS) is 11.2. The topological polar surface area (TPSA) is 72.6 Å². The molecule has 0 unspecified atom stereocenters. The third kappa shape index (κ3) is 3.48. The number of hydrogen-bond donors (Lipinski definition) is 1. The van der Waals surface area contributed by atoms with Gasteiger partial charge in [0.05, 0.1) is 11.1 Å². The molecule has 2 heterocycles. The lowest BCUT2D eigenvalue weighted by Gasteiger charge is -2.12. The van der Waals surface area contributed by atoms with E-state index >= 15 is 0 Å². The molecule has 0 amide bonds. The van der Waals surface area contributed by atoms with Crippen LogP contribution in [0.1, 0.15) is 27.0 Å². The van der Waals surface area contributed by atoms with Gasteiger partial charge in [0.15, 0.2) is 5.76 Å². The molecule has 0 radical (unpaired) electrons. The Morgan fingerprint density at radius 2 is 1.72 bits per heavy atom. The van der Waals surface area contributed by atoms with Crippen LogP contribution in [0.25, 0.3) is 33.3 Å². The van der Waals surface area contributed by atoms with Gasteiger partial charge in [-0.1, -0.05) is 48.5 Å². The van der Waals surface area contributed by atoms with Crippen LogP contribution in [-0.2, 0) is 6.61 Å². The van der Waals surface area contributed by atoms with Crippen LogP contribution < -0.4 is 4.74 Å². The second-order valence-corrected chi connectivity index (χ2v) is 7.82. The summed E-state index contributed by atoms with van der Waals surface area (Å²) in [5, 5.41) is 11.4. The van der Waals surface area contributed by atoms with Crippen molar-refractivity contribution in [3.8, 4) is 17.2 Å². The Balaban J connectivity index is 1.64. The molecule has 0 aliphatic rings. The summed E-state index contributed by atoms with van der Waals surface area (Å²) in [4.78, 5) is 16.8.